The quantitative estimate of drug-likeness (QED) is 0.631. The van der Waals surface area contributed by atoms with Gasteiger partial charge in [-0.15, -0.1) is 11.3 Å². The summed E-state index contributed by atoms with van der Waals surface area (Å²) < 4.78 is 1.26. The Labute approximate surface area is 174 Å². The summed E-state index contributed by atoms with van der Waals surface area (Å²) in [5.74, 6) is -1.04. The van der Waals surface area contributed by atoms with E-state index in [-0.39, 0.29) is 15.3 Å². The topological polar surface area (TPSA) is 107 Å². The average molecular weight is 439 g/mol. The number of carbonyl (C=O) groups is 2. The largest absolute Gasteiger partial charge is 0.365 e. The van der Waals surface area contributed by atoms with Crippen molar-refractivity contribution >= 4 is 62.3 Å². The Hall–Kier alpha value is -2.42. The van der Waals surface area contributed by atoms with Crippen LogP contribution in [0.2, 0.25) is 10.0 Å². The lowest BCUT2D eigenvalue weighted by Gasteiger charge is -2.18. The first kappa shape index (κ1) is 20.3. The Bertz CT molecular complexity index is 1160. The predicted octanol–water partition coefficient (Wildman–Crippen LogP) is 3.76. The highest BCUT2D eigenvalue weighted by molar-refractivity contribution is 7.20. The number of halogens is 2. The zero-order valence-corrected chi connectivity index (χ0v) is 17.3. The maximum atomic E-state index is 13.0. The smallest absolute Gasteiger partial charge is 0.263 e. The molecule has 2 amide bonds. The Morgan fingerprint density at radius 3 is 2.68 bits per heavy atom. The molecule has 146 valence electrons. The third-order valence-corrected chi connectivity index (χ3v) is 6.08. The monoisotopic (exact) mass is 438 g/mol. The average Bonchev–Trinajstić information content (AvgIpc) is 2.97. The second-order valence-electron chi connectivity index (χ2n) is 6.10. The number of carbonyl (C=O) groups excluding carboxylic acids is 2. The van der Waals surface area contributed by atoms with Gasteiger partial charge in [-0.25, -0.2) is 4.98 Å². The number of hydrogen-bond donors (Lipinski definition) is 2. The molecule has 0 spiro atoms. The van der Waals surface area contributed by atoms with Crippen molar-refractivity contribution in [1.82, 2.24) is 9.55 Å². The number of aryl methyl sites for hydroxylation is 1. The molecule has 1 atom stereocenters. The van der Waals surface area contributed by atoms with Crippen LogP contribution in [0.4, 0.5) is 5.69 Å². The number of nitrogens with one attached hydrogen (secondary N) is 1. The minimum absolute atomic E-state index is 0.280. The number of hydrogen-bond acceptors (Lipinski definition) is 5. The number of fused-ring (bicyclic) bond motifs is 1. The van der Waals surface area contributed by atoms with Crippen molar-refractivity contribution in [2.24, 2.45) is 5.73 Å². The second kappa shape index (κ2) is 7.90. The molecule has 2 heterocycles. The first-order chi connectivity index (χ1) is 13.2. The zero-order chi connectivity index (χ0) is 20.6. The van der Waals surface area contributed by atoms with Gasteiger partial charge in [-0.2, -0.15) is 0 Å². The molecule has 0 aliphatic carbocycles. The maximum Gasteiger partial charge on any atom is 0.263 e. The summed E-state index contributed by atoms with van der Waals surface area (Å²) in [5, 5.41) is 3.73. The first-order valence-corrected chi connectivity index (χ1v) is 9.87. The summed E-state index contributed by atoms with van der Waals surface area (Å²) >= 11 is 13.0. The third kappa shape index (κ3) is 3.63. The molecule has 2 aromatic heterocycles. The van der Waals surface area contributed by atoms with Gasteiger partial charge in [-0.1, -0.05) is 30.1 Å². The molecule has 0 saturated heterocycles. The lowest BCUT2D eigenvalue weighted by molar-refractivity contribution is -0.119. The van der Waals surface area contributed by atoms with Gasteiger partial charge in [0.1, 0.15) is 10.9 Å². The van der Waals surface area contributed by atoms with Crippen molar-refractivity contribution in [2.45, 2.75) is 26.3 Å². The number of nitrogens with zero attached hydrogens (tertiary/aromatic N) is 2. The summed E-state index contributed by atoms with van der Waals surface area (Å²) in [6, 6.07) is 3.89. The molecule has 0 bridgehead atoms. The van der Waals surface area contributed by atoms with Gasteiger partial charge >= 0.3 is 0 Å². The number of nitrogens with two attached hydrogens (primary N) is 1. The summed E-state index contributed by atoms with van der Waals surface area (Å²) in [6.45, 7) is 3.42. The molecule has 28 heavy (non-hydrogen) atoms. The Morgan fingerprint density at radius 1 is 1.36 bits per heavy atom. The molecular formula is C18H16Cl2N4O3S. The van der Waals surface area contributed by atoms with Gasteiger partial charge in [0.05, 0.1) is 27.3 Å². The number of thiophene rings is 1. The molecule has 1 unspecified atom stereocenters. The van der Waals surface area contributed by atoms with E-state index >= 15 is 0 Å². The molecular weight excluding hydrogens is 423 g/mol. The van der Waals surface area contributed by atoms with E-state index in [1.807, 2.05) is 0 Å². The standard InChI is InChI=1S/C18H16Cl2N4O3S/c1-3-12(16(26)23-11-5-4-9(19)6-10(11)20)24-7-22-17-13(18(24)27)8(2)14(28-17)15(21)25/h4-7,12H,3H2,1-2H3,(H2,21,25)(H,23,26). The van der Waals surface area contributed by atoms with Crippen LogP contribution in [0.3, 0.4) is 0 Å². The van der Waals surface area contributed by atoms with E-state index in [1.165, 1.54) is 17.0 Å². The van der Waals surface area contributed by atoms with Crippen LogP contribution in [-0.2, 0) is 4.79 Å². The molecule has 7 nitrogen and oxygen atoms in total. The Balaban J connectivity index is 2.02. The van der Waals surface area contributed by atoms with E-state index in [1.54, 1.807) is 26.0 Å². The van der Waals surface area contributed by atoms with Crippen LogP contribution in [0.25, 0.3) is 10.2 Å². The number of anilines is 1. The van der Waals surface area contributed by atoms with Crippen molar-refractivity contribution in [3.05, 3.63) is 55.4 Å². The number of amides is 2. The SMILES string of the molecule is CCC(C(=O)Nc1ccc(Cl)cc1Cl)n1cnc2sc(C(N)=O)c(C)c2c1=O. The van der Waals surface area contributed by atoms with Gasteiger partial charge < -0.3 is 11.1 Å². The first-order valence-electron chi connectivity index (χ1n) is 8.30. The lowest BCUT2D eigenvalue weighted by Crippen LogP contribution is -2.33. The molecule has 3 aromatic rings. The zero-order valence-electron chi connectivity index (χ0n) is 15.0. The molecule has 0 aliphatic heterocycles. The molecule has 1 aromatic carbocycles. The molecule has 0 saturated carbocycles. The van der Waals surface area contributed by atoms with Gasteiger partial charge in [-0.05, 0) is 37.1 Å². The number of benzene rings is 1. The lowest BCUT2D eigenvalue weighted by atomic mass is 10.1. The highest BCUT2D eigenvalue weighted by atomic mass is 35.5. The van der Waals surface area contributed by atoms with Crippen LogP contribution in [0.1, 0.15) is 34.6 Å². The van der Waals surface area contributed by atoms with Crippen molar-refractivity contribution in [1.29, 1.82) is 0 Å². The van der Waals surface area contributed by atoms with Crippen LogP contribution in [0.15, 0.2) is 29.3 Å². The molecule has 3 N–H and O–H groups in total. The van der Waals surface area contributed by atoms with Crippen LogP contribution < -0.4 is 16.6 Å². The summed E-state index contributed by atoms with van der Waals surface area (Å²) in [5.41, 5.74) is 5.81. The molecule has 3 rings (SSSR count). The van der Waals surface area contributed by atoms with Crippen LogP contribution in [0.5, 0.6) is 0 Å². The van der Waals surface area contributed by atoms with Crippen molar-refractivity contribution in [3.63, 3.8) is 0 Å². The molecule has 10 heteroatoms. The van der Waals surface area contributed by atoms with Crippen LogP contribution >= 0.6 is 34.5 Å². The van der Waals surface area contributed by atoms with E-state index in [9.17, 15) is 14.4 Å². The van der Waals surface area contributed by atoms with Crippen molar-refractivity contribution in [3.8, 4) is 0 Å². The molecule has 0 radical (unpaired) electrons. The number of rotatable bonds is 5. The fourth-order valence-electron chi connectivity index (χ4n) is 2.91. The third-order valence-electron chi connectivity index (χ3n) is 4.31. The van der Waals surface area contributed by atoms with E-state index in [0.29, 0.717) is 27.5 Å². The highest BCUT2D eigenvalue weighted by Gasteiger charge is 2.24. The van der Waals surface area contributed by atoms with E-state index in [4.69, 9.17) is 28.9 Å². The second-order valence-corrected chi connectivity index (χ2v) is 7.94. The number of primary amides is 1. The summed E-state index contributed by atoms with van der Waals surface area (Å²) in [6.07, 6.45) is 1.65. The van der Waals surface area contributed by atoms with E-state index in [0.717, 1.165) is 11.3 Å². The fourth-order valence-corrected chi connectivity index (χ4v) is 4.36. The van der Waals surface area contributed by atoms with E-state index in [2.05, 4.69) is 10.3 Å². The van der Waals surface area contributed by atoms with Gasteiger partial charge in [0.2, 0.25) is 5.91 Å². The van der Waals surface area contributed by atoms with Crippen molar-refractivity contribution < 1.29 is 9.59 Å². The van der Waals surface area contributed by atoms with E-state index < -0.39 is 23.4 Å². The Kier molecular flexibility index (Phi) is 5.74. The van der Waals surface area contributed by atoms with Gasteiger partial charge in [0, 0.05) is 5.02 Å². The summed E-state index contributed by atoms with van der Waals surface area (Å²) in [7, 11) is 0. The minimum Gasteiger partial charge on any atom is -0.365 e. The fraction of sp³-hybridized carbons (Fsp3) is 0.222. The Morgan fingerprint density at radius 2 is 2.07 bits per heavy atom. The van der Waals surface area contributed by atoms with Crippen LogP contribution in [-0.4, -0.2) is 21.4 Å². The highest BCUT2D eigenvalue weighted by Crippen LogP contribution is 2.28. The number of aromatic nitrogens is 2. The predicted molar refractivity (Wildman–Crippen MR) is 112 cm³/mol. The van der Waals surface area contributed by atoms with Crippen molar-refractivity contribution in [2.75, 3.05) is 5.32 Å². The normalized spacial score (nSPS) is 12.1. The summed E-state index contributed by atoms with van der Waals surface area (Å²) in [4.78, 5) is 42.3. The maximum absolute atomic E-state index is 13.0. The van der Waals surface area contributed by atoms with Crippen LogP contribution in [0, 0.1) is 6.92 Å². The molecule has 0 aliphatic rings. The van der Waals surface area contributed by atoms with Gasteiger partial charge in [0.15, 0.2) is 0 Å². The van der Waals surface area contributed by atoms with Gasteiger partial charge in [-0.3, -0.25) is 19.0 Å². The minimum atomic E-state index is -0.813. The van der Waals surface area contributed by atoms with Gasteiger partial charge in [0.25, 0.3) is 11.5 Å². The molecule has 0 fully saturated rings.